The van der Waals surface area contributed by atoms with Gasteiger partial charge < -0.3 is 19.2 Å². The Balaban J connectivity index is 1.71. The zero-order valence-corrected chi connectivity index (χ0v) is 14.4. The molecular weight excluding hydrogens is 382 g/mol. The van der Waals surface area contributed by atoms with Crippen molar-refractivity contribution in [3.05, 3.63) is 77.3 Å². The molecule has 0 bridgehead atoms. The van der Waals surface area contributed by atoms with Crippen molar-refractivity contribution in [3.63, 3.8) is 0 Å². The molecule has 0 spiro atoms. The first kappa shape index (κ1) is 19.3. The van der Waals surface area contributed by atoms with E-state index in [2.05, 4.69) is 0 Å². The number of halogens is 4. The molecule has 0 saturated carbocycles. The van der Waals surface area contributed by atoms with Gasteiger partial charge in [0.15, 0.2) is 40.5 Å². The first-order valence-corrected chi connectivity index (χ1v) is 7.89. The number of carbonyl (C=O) groups excluding carboxylic acids is 1. The summed E-state index contributed by atoms with van der Waals surface area (Å²) >= 11 is 0. The van der Waals surface area contributed by atoms with Gasteiger partial charge in [-0.2, -0.15) is 0 Å². The van der Waals surface area contributed by atoms with Crippen LogP contribution in [0.25, 0.3) is 0 Å². The number of methoxy groups -OCH3 is 1. The Labute approximate surface area is 156 Å². The Bertz CT molecular complexity index is 993. The Kier molecular flexibility index (Phi) is 5.53. The van der Waals surface area contributed by atoms with Crippen molar-refractivity contribution in [2.45, 2.75) is 6.61 Å². The molecule has 0 aliphatic heterocycles. The molecule has 0 aliphatic carbocycles. The average molecular weight is 395 g/mol. The molecular formula is C19H13F4NO4. The third kappa shape index (κ3) is 3.93. The van der Waals surface area contributed by atoms with Crippen LogP contribution < -0.4 is 14.8 Å². The highest BCUT2D eigenvalue weighted by Crippen LogP contribution is 2.27. The molecule has 0 radical (unpaired) electrons. The Morgan fingerprint density at radius 3 is 2.29 bits per heavy atom. The van der Waals surface area contributed by atoms with Crippen molar-refractivity contribution in [2.24, 2.45) is 0 Å². The standard InChI is InChI=1S/C19H13F4NO4/c1-26-13-4-2-3-5-14(13)27-9-10-6-7-15(28-10)19(25)24-18-16(22)11(20)8-12(21)17(18)23/h2-8H,9H2,1H3,(H,24,25). The predicted octanol–water partition coefficient (Wildman–Crippen LogP) is 4.68. The van der Waals surface area contributed by atoms with Gasteiger partial charge >= 0.3 is 0 Å². The van der Waals surface area contributed by atoms with Crippen LogP contribution in [0.4, 0.5) is 23.2 Å². The predicted molar refractivity (Wildman–Crippen MR) is 90.3 cm³/mol. The van der Waals surface area contributed by atoms with Gasteiger partial charge in [-0.3, -0.25) is 4.79 Å². The van der Waals surface area contributed by atoms with Crippen LogP contribution in [0.5, 0.6) is 11.5 Å². The molecule has 0 atom stereocenters. The van der Waals surface area contributed by atoms with Crippen LogP contribution in [0, 0.1) is 23.3 Å². The van der Waals surface area contributed by atoms with Crippen molar-refractivity contribution in [2.75, 3.05) is 12.4 Å². The third-order valence-electron chi connectivity index (χ3n) is 3.67. The van der Waals surface area contributed by atoms with E-state index in [-0.39, 0.29) is 24.2 Å². The van der Waals surface area contributed by atoms with Gasteiger partial charge in [-0.25, -0.2) is 17.6 Å². The number of hydrogen-bond donors (Lipinski definition) is 1. The summed E-state index contributed by atoms with van der Waals surface area (Å²) in [6.45, 7) is -0.0645. The maximum absolute atomic E-state index is 13.6. The van der Waals surface area contributed by atoms with Crippen LogP contribution in [-0.2, 0) is 6.61 Å². The highest BCUT2D eigenvalue weighted by Gasteiger charge is 2.22. The number of carbonyl (C=O) groups is 1. The van der Waals surface area contributed by atoms with E-state index in [0.717, 1.165) is 0 Å². The Morgan fingerprint density at radius 1 is 1.00 bits per heavy atom. The molecule has 0 fully saturated rings. The lowest BCUT2D eigenvalue weighted by atomic mass is 10.2. The summed E-state index contributed by atoms with van der Waals surface area (Å²) in [6.07, 6.45) is 0. The number of rotatable bonds is 6. The van der Waals surface area contributed by atoms with Crippen LogP contribution in [-0.4, -0.2) is 13.0 Å². The second-order valence-corrected chi connectivity index (χ2v) is 5.50. The van der Waals surface area contributed by atoms with Gasteiger partial charge in [0.2, 0.25) is 0 Å². The molecule has 146 valence electrons. The smallest absolute Gasteiger partial charge is 0.291 e. The molecule has 9 heteroatoms. The van der Waals surface area contributed by atoms with Crippen LogP contribution >= 0.6 is 0 Å². The van der Waals surface area contributed by atoms with E-state index in [1.54, 1.807) is 29.6 Å². The highest BCUT2D eigenvalue weighted by molar-refractivity contribution is 6.02. The molecule has 5 nitrogen and oxygen atoms in total. The van der Waals surface area contributed by atoms with E-state index < -0.39 is 34.9 Å². The lowest BCUT2D eigenvalue weighted by Gasteiger charge is -2.09. The Hall–Kier alpha value is -3.49. The quantitative estimate of drug-likeness (QED) is 0.487. The maximum Gasteiger partial charge on any atom is 0.291 e. The van der Waals surface area contributed by atoms with Crippen LogP contribution in [0.15, 0.2) is 46.9 Å². The fourth-order valence-electron chi connectivity index (χ4n) is 2.32. The van der Waals surface area contributed by atoms with E-state index in [9.17, 15) is 22.4 Å². The normalized spacial score (nSPS) is 10.6. The summed E-state index contributed by atoms with van der Waals surface area (Å²) in [6, 6.07) is 9.52. The van der Waals surface area contributed by atoms with Crippen molar-refractivity contribution < 1.29 is 36.2 Å². The number of ether oxygens (including phenoxy) is 2. The fourth-order valence-corrected chi connectivity index (χ4v) is 2.32. The van der Waals surface area contributed by atoms with Crippen LogP contribution in [0.2, 0.25) is 0 Å². The molecule has 1 N–H and O–H groups in total. The average Bonchev–Trinajstić information content (AvgIpc) is 3.17. The molecule has 0 unspecified atom stereocenters. The van der Waals surface area contributed by atoms with Crippen molar-refractivity contribution >= 4 is 11.6 Å². The molecule has 1 amide bonds. The zero-order valence-electron chi connectivity index (χ0n) is 14.4. The SMILES string of the molecule is COc1ccccc1OCc1ccc(C(=O)Nc2c(F)c(F)cc(F)c2F)o1. The van der Waals surface area contributed by atoms with Crippen molar-refractivity contribution in [1.29, 1.82) is 0 Å². The maximum atomic E-state index is 13.6. The number of nitrogens with one attached hydrogen (secondary N) is 1. The van der Waals surface area contributed by atoms with Gasteiger partial charge in [0.25, 0.3) is 5.91 Å². The summed E-state index contributed by atoms with van der Waals surface area (Å²) in [5, 5.41) is 1.76. The first-order valence-electron chi connectivity index (χ1n) is 7.89. The number of hydrogen-bond acceptors (Lipinski definition) is 4. The minimum atomic E-state index is -1.72. The summed E-state index contributed by atoms with van der Waals surface area (Å²) in [5.74, 6) is -7.00. The lowest BCUT2D eigenvalue weighted by molar-refractivity contribution is 0.0991. The molecule has 28 heavy (non-hydrogen) atoms. The van der Waals surface area contributed by atoms with E-state index >= 15 is 0 Å². The van der Waals surface area contributed by atoms with E-state index in [1.807, 2.05) is 0 Å². The van der Waals surface area contributed by atoms with Gasteiger partial charge in [0, 0.05) is 6.07 Å². The van der Waals surface area contributed by atoms with Crippen LogP contribution in [0.3, 0.4) is 0 Å². The van der Waals surface area contributed by atoms with Gasteiger partial charge in [-0.15, -0.1) is 0 Å². The summed E-state index contributed by atoms with van der Waals surface area (Å²) < 4.78 is 69.6. The van der Waals surface area contributed by atoms with E-state index in [0.29, 0.717) is 11.5 Å². The summed E-state index contributed by atoms with van der Waals surface area (Å²) in [7, 11) is 1.48. The monoisotopic (exact) mass is 395 g/mol. The van der Waals surface area contributed by atoms with Gasteiger partial charge in [0.05, 0.1) is 7.11 Å². The molecule has 3 aromatic rings. The van der Waals surface area contributed by atoms with Gasteiger partial charge in [0.1, 0.15) is 18.1 Å². The molecule has 1 heterocycles. The number of furan rings is 1. The minimum Gasteiger partial charge on any atom is -0.493 e. The van der Waals surface area contributed by atoms with Gasteiger partial charge in [-0.1, -0.05) is 12.1 Å². The largest absolute Gasteiger partial charge is 0.493 e. The van der Waals surface area contributed by atoms with E-state index in [4.69, 9.17) is 13.9 Å². The minimum absolute atomic E-state index is 0.0422. The number of benzene rings is 2. The molecule has 2 aromatic carbocycles. The molecule has 0 aliphatic rings. The first-order chi connectivity index (χ1) is 13.4. The zero-order chi connectivity index (χ0) is 20.3. The number of amides is 1. The fraction of sp³-hybridized carbons (Fsp3) is 0.105. The number of anilines is 1. The second kappa shape index (κ2) is 8.03. The number of para-hydroxylation sites is 2. The van der Waals surface area contributed by atoms with Gasteiger partial charge in [-0.05, 0) is 24.3 Å². The molecule has 0 saturated heterocycles. The molecule has 1 aromatic heterocycles. The van der Waals surface area contributed by atoms with Crippen LogP contribution in [0.1, 0.15) is 16.3 Å². The highest BCUT2D eigenvalue weighted by atomic mass is 19.2. The Morgan fingerprint density at radius 2 is 1.64 bits per heavy atom. The summed E-state index contributed by atoms with van der Waals surface area (Å²) in [5.41, 5.74) is -1.24. The van der Waals surface area contributed by atoms with Crippen molar-refractivity contribution in [1.82, 2.24) is 0 Å². The topological polar surface area (TPSA) is 60.7 Å². The van der Waals surface area contributed by atoms with Crippen molar-refractivity contribution in [3.8, 4) is 11.5 Å². The van der Waals surface area contributed by atoms with E-state index in [1.165, 1.54) is 19.2 Å². The lowest BCUT2D eigenvalue weighted by Crippen LogP contribution is -2.15. The third-order valence-corrected chi connectivity index (χ3v) is 3.67. The summed E-state index contributed by atoms with van der Waals surface area (Å²) in [4.78, 5) is 12.1. The molecule has 3 rings (SSSR count). The second-order valence-electron chi connectivity index (χ2n) is 5.50.